The van der Waals surface area contributed by atoms with Crippen LogP contribution in [0.5, 0.6) is 0 Å². The van der Waals surface area contributed by atoms with Gasteiger partial charge in [0.25, 0.3) is 0 Å². The fraction of sp³-hybridized carbons (Fsp3) is 0.419. The van der Waals surface area contributed by atoms with Gasteiger partial charge < -0.3 is 14.9 Å². The normalized spacial score (nSPS) is 14.5. The molecule has 0 amide bonds. The summed E-state index contributed by atoms with van der Waals surface area (Å²) in [5, 5.41) is 20.9. The van der Waals surface area contributed by atoms with E-state index in [9.17, 15) is 19.4 Å². The molecule has 0 aliphatic heterocycles. The predicted octanol–water partition coefficient (Wildman–Crippen LogP) is 5.77. The van der Waals surface area contributed by atoms with E-state index in [-0.39, 0.29) is 24.6 Å². The summed E-state index contributed by atoms with van der Waals surface area (Å²) in [5.41, 5.74) is 8.64. The second kappa shape index (κ2) is 12.0. The van der Waals surface area contributed by atoms with Crippen molar-refractivity contribution in [3.8, 4) is 22.4 Å². The predicted molar refractivity (Wildman–Crippen MR) is 143 cm³/mol. The Bertz CT molecular complexity index is 1240. The lowest BCUT2D eigenvalue weighted by Gasteiger charge is -2.24. The van der Waals surface area contributed by atoms with Crippen LogP contribution in [0.15, 0.2) is 48.5 Å². The number of aliphatic hydroxyl groups is 2. The van der Waals surface area contributed by atoms with Gasteiger partial charge in [-0.1, -0.05) is 50.2 Å². The van der Waals surface area contributed by atoms with Crippen molar-refractivity contribution < 1.29 is 24.1 Å². The summed E-state index contributed by atoms with van der Waals surface area (Å²) >= 11 is 0. The van der Waals surface area contributed by atoms with Crippen LogP contribution in [0.1, 0.15) is 67.8 Å². The van der Waals surface area contributed by atoms with Crippen LogP contribution < -0.4 is 0 Å². The number of methoxy groups -OCH3 is 1. The summed E-state index contributed by atoms with van der Waals surface area (Å²) in [6, 6.07) is 15.1. The fourth-order valence-electron chi connectivity index (χ4n) is 5.37. The Hall–Kier alpha value is -3.09. The number of fused-ring (bicyclic) bond motifs is 3. The Kier molecular flexibility index (Phi) is 8.72. The van der Waals surface area contributed by atoms with Crippen LogP contribution >= 0.6 is 0 Å². The van der Waals surface area contributed by atoms with Crippen molar-refractivity contribution in [2.24, 2.45) is 0 Å². The summed E-state index contributed by atoms with van der Waals surface area (Å²) < 4.78 is 18.5. The van der Waals surface area contributed by atoms with E-state index < -0.39 is 18.2 Å². The zero-order chi connectivity index (χ0) is 26.5. The largest absolute Gasteiger partial charge is 0.469 e. The molecule has 6 heteroatoms. The van der Waals surface area contributed by atoms with Gasteiger partial charge in [0.2, 0.25) is 0 Å². The van der Waals surface area contributed by atoms with E-state index in [4.69, 9.17) is 4.98 Å². The van der Waals surface area contributed by atoms with Crippen molar-refractivity contribution in [2.45, 2.75) is 76.9 Å². The molecule has 0 saturated heterocycles. The smallest absolute Gasteiger partial charge is 0.308 e. The van der Waals surface area contributed by atoms with E-state index in [1.54, 1.807) is 0 Å². The Balaban J connectivity index is 1.78. The Morgan fingerprint density at radius 1 is 1.05 bits per heavy atom. The first-order valence-electron chi connectivity index (χ1n) is 13.1. The molecule has 0 bridgehead atoms. The first-order valence-corrected chi connectivity index (χ1v) is 13.1. The lowest BCUT2D eigenvalue weighted by Crippen LogP contribution is -2.22. The van der Waals surface area contributed by atoms with Gasteiger partial charge in [0.1, 0.15) is 5.82 Å². The van der Waals surface area contributed by atoms with Crippen LogP contribution in [0, 0.1) is 5.82 Å². The second-order valence-electron chi connectivity index (χ2n) is 10.2. The second-order valence-corrected chi connectivity index (χ2v) is 10.2. The number of rotatable bonds is 9. The molecule has 0 unspecified atom stereocenters. The van der Waals surface area contributed by atoms with Crippen molar-refractivity contribution >= 4 is 5.97 Å². The molecular formula is C31H36FNO4. The molecule has 2 atom stereocenters. The van der Waals surface area contributed by atoms with Gasteiger partial charge in [-0.15, -0.1) is 0 Å². The number of hydrogen-bond acceptors (Lipinski definition) is 5. The molecule has 2 N–H and O–H groups in total. The van der Waals surface area contributed by atoms with Gasteiger partial charge in [-0.2, -0.15) is 0 Å². The summed E-state index contributed by atoms with van der Waals surface area (Å²) in [6.07, 6.45) is 1.95. The monoisotopic (exact) mass is 505 g/mol. The van der Waals surface area contributed by atoms with Gasteiger partial charge in [0, 0.05) is 11.3 Å². The number of carbonyl (C=O) groups is 1. The number of aryl methyl sites for hydroxylation is 1. The third kappa shape index (κ3) is 6.25. The lowest BCUT2D eigenvalue weighted by molar-refractivity contribution is -0.143. The molecule has 1 heterocycles. The number of esters is 1. The topological polar surface area (TPSA) is 79.7 Å². The molecule has 1 aromatic heterocycles. The summed E-state index contributed by atoms with van der Waals surface area (Å²) in [6.45, 7) is 4.23. The maximum atomic E-state index is 13.9. The molecule has 0 fully saturated rings. The van der Waals surface area contributed by atoms with Crippen molar-refractivity contribution in [3.63, 3.8) is 0 Å². The number of aromatic nitrogens is 1. The molecule has 0 spiro atoms. The standard InChI is InChI=1S/C31H36FNO4/c1-19(2)30-27(16-15-23(34)17-24(35)18-28(36)37-3)29(21-11-13-22(32)14-12-21)26-10-6-8-20-7-4-5-9-25(20)31(26)33-30/h4-5,7,9,11-14,19,23-24,34-35H,6,8,10,15-18H2,1-3H3/t23-,24-/m1/s1. The van der Waals surface area contributed by atoms with Crippen LogP contribution in [0.2, 0.25) is 0 Å². The molecule has 1 aliphatic carbocycles. The van der Waals surface area contributed by atoms with Crippen molar-refractivity contribution in [2.75, 3.05) is 7.11 Å². The fourth-order valence-corrected chi connectivity index (χ4v) is 5.37. The maximum absolute atomic E-state index is 13.9. The first-order chi connectivity index (χ1) is 17.8. The molecule has 0 saturated carbocycles. The van der Waals surface area contributed by atoms with Crippen molar-refractivity contribution in [1.82, 2.24) is 4.98 Å². The highest BCUT2D eigenvalue weighted by atomic mass is 19.1. The van der Waals surface area contributed by atoms with Crippen molar-refractivity contribution in [1.29, 1.82) is 0 Å². The number of hydrogen-bond donors (Lipinski definition) is 2. The van der Waals surface area contributed by atoms with Gasteiger partial charge in [0.05, 0.1) is 31.4 Å². The third-order valence-corrected chi connectivity index (χ3v) is 7.16. The minimum Gasteiger partial charge on any atom is -0.469 e. The Morgan fingerprint density at radius 3 is 2.49 bits per heavy atom. The summed E-state index contributed by atoms with van der Waals surface area (Å²) in [5.74, 6) is -0.650. The van der Waals surface area contributed by atoms with E-state index in [1.165, 1.54) is 24.8 Å². The van der Waals surface area contributed by atoms with Crippen LogP contribution in [0.4, 0.5) is 4.39 Å². The highest BCUT2D eigenvalue weighted by molar-refractivity contribution is 5.81. The highest BCUT2D eigenvalue weighted by Crippen LogP contribution is 2.42. The number of halogens is 1. The first kappa shape index (κ1) is 27.0. The molecule has 3 aromatic rings. The average molecular weight is 506 g/mol. The van der Waals surface area contributed by atoms with Crippen molar-refractivity contribution in [3.05, 3.63) is 76.7 Å². The summed E-state index contributed by atoms with van der Waals surface area (Å²) in [7, 11) is 1.28. The zero-order valence-corrected chi connectivity index (χ0v) is 21.8. The van der Waals surface area contributed by atoms with Gasteiger partial charge in [-0.25, -0.2) is 4.39 Å². The minimum atomic E-state index is -0.967. The molecule has 1 aliphatic rings. The molecular weight excluding hydrogens is 469 g/mol. The molecule has 0 radical (unpaired) electrons. The third-order valence-electron chi connectivity index (χ3n) is 7.16. The zero-order valence-electron chi connectivity index (χ0n) is 21.8. The number of ether oxygens (including phenoxy) is 1. The molecule has 5 nitrogen and oxygen atoms in total. The number of carbonyl (C=O) groups excluding carboxylic acids is 1. The van der Waals surface area contributed by atoms with Gasteiger partial charge in [-0.3, -0.25) is 9.78 Å². The van der Waals surface area contributed by atoms with Crippen LogP contribution in [0.3, 0.4) is 0 Å². The van der Waals surface area contributed by atoms with Gasteiger partial charge >= 0.3 is 5.97 Å². The van der Waals surface area contributed by atoms with E-state index in [1.807, 2.05) is 18.2 Å². The van der Waals surface area contributed by atoms with E-state index in [2.05, 4.69) is 36.8 Å². The number of pyridine rings is 1. The number of nitrogens with zero attached hydrogens (tertiary/aromatic N) is 1. The summed E-state index contributed by atoms with van der Waals surface area (Å²) in [4.78, 5) is 16.7. The van der Waals surface area contributed by atoms with E-state index in [0.29, 0.717) is 12.8 Å². The average Bonchev–Trinajstić information content (AvgIpc) is 3.06. The van der Waals surface area contributed by atoms with E-state index in [0.717, 1.165) is 58.5 Å². The highest BCUT2D eigenvalue weighted by Gasteiger charge is 2.26. The SMILES string of the molecule is COC(=O)C[C@H](O)C[C@H](O)CCc1c(C(C)C)nc2c(c1-c1ccc(F)cc1)CCCc1ccccc1-2. The van der Waals surface area contributed by atoms with Gasteiger partial charge in [0.15, 0.2) is 0 Å². The van der Waals surface area contributed by atoms with Gasteiger partial charge in [-0.05, 0) is 84.4 Å². The van der Waals surface area contributed by atoms with Crippen LogP contribution in [-0.4, -0.2) is 40.5 Å². The minimum absolute atomic E-state index is 0.0870. The molecule has 37 heavy (non-hydrogen) atoms. The molecule has 2 aromatic carbocycles. The molecule has 196 valence electrons. The van der Waals surface area contributed by atoms with E-state index >= 15 is 0 Å². The molecule has 4 rings (SSSR count). The van der Waals surface area contributed by atoms with Crippen LogP contribution in [0.25, 0.3) is 22.4 Å². The lowest BCUT2D eigenvalue weighted by atomic mass is 9.84. The maximum Gasteiger partial charge on any atom is 0.308 e. The van der Waals surface area contributed by atoms with Crippen LogP contribution in [-0.2, 0) is 28.8 Å². The quantitative estimate of drug-likeness (QED) is 0.361. The Morgan fingerprint density at radius 2 is 1.78 bits per heavy atom. The number of benzene rings is 2. The Labute approximate surface area is 218 Å². The number of aliphatic hydroxyl groups excluding tert-OH is 2.